The molecule has 1 aliphatic carbocycles. The Balaban J connectivity index is 1.17. The van der Waals surface area contributed by atoms with Gasteiger partial charge in [-0.3, -0.25) is 0 Å². The van der Waals surface area contributed by atoms with Crippen molar-refractivity contribution in [1.82, 2.24) is 4.57 Å². The molecule has 4 nitrogen and oxygen atoms in total. The number of aromatic nitrogens is 1. The van der Waals surface area contributed by atoms with Crippen LogP contribution in [0.25, 0.3) is 28.2 Å². The quantitative estimate of drug-likeness (QED) is 0.167. The van der Waals surface area contributed by atoms with Crippen LogP contribution in [0.1, 0.15) is 23.7 Å². The average molecular weight is 684 g/mol. The molecule has 0 N–H and O–H groups in total. The van der Waals surface area contributed by atoms with Gasteiger partial charge in [0.2, 0.25) is 0 Å². The first-order valence-corrected chi connectivity index (χ1v) is 18.2. The average Bonchev–Trinajstić information content (AvgIpc) is 3.68. The van der Waals surface area contributed by atoms with Crippen molar-refractivity contribution in [2.75, 3.05) is 9.80 Å². The summed E-state index contributed by atoms with van der Waals surface area (Å²) in [5.74, 6) is 0.956. The molecule has 0 fully saturated rings. The third-order valence-corrected chi connectivity index (χ3v) is 10.7. The molecule has 53 heavy (non-hydrogen) atoms. The second kappa shape index (κ2) is 12.5. The summed E-state index contributed by atoms with van der Waals surface area (Å²) in [7, 11) is 0. The lowest BCUT2D eigenvalue weighted by atomic mass is 9.81. The van der Waals surface area contributed by atoms with Crippen molar-refractivity contribution in [3.63, 3.8) is 0 Å². The summed E-state index contributed by atoms with van der Waals surface area (Å²) in [4.78, 5) is 4.65. The lowest BCUT2D eigenvalue weighted by Gasteiger charge is -2.30. The minimum atomic E-state index is -0.469. The molecule has 8 aromatic rings. The van der Waals surface area contributed by atoms with Crippen LogP contribution < -0.4 is 14.5 Å². The van der Waals surface area contributed by atoms with E-state index in [0.29, 0.717) is 0 Å². The highest BCUT2D eigenvalue weighted by Gasteiger charge is 2.44. The third-order valence-electron chi connectivity index (χ3n) is 10.7. The molecular formula is C49H37N3O. The SMILES string of the molecule is CC12Cc3c(c4ccc(N(c5ccccc5)c5ccccc5)cc4n3-c3ccc(N(c4ccccc4)c4ccccc4)cc3)C=C1c1ccccc1O2. The standard InChI is InChI=1S/C49H37N3O/c1-49-34-47-44(33-45(49)43-24-14-15-25-48(43)53-49)42-31-30-41(51(37-20-10-4-11-21-37)38-22-12-5-13-23-38)32-46(42)52(47)40-28-26-39(27-29-40)50(35-16-6-2-7-17-35)36-18-8-3-9-19-36/h2-33H,34H2,1H3. The smallest absolute Gasteiger partial charge is 0.137 e. The topological polar surface area (TPSA) is 20.6 Å². The van der Waals surface area contributed by atoms with E-state index in [1.807, 2.05) is 0 Å². The van der Waals surface area contributed by atoms with Gasteiger partial charge in [-0.15, -0.1) is 0 Å². The summed E-state index contributed by atoms with van der Waals surface area (Å²) in [6.07, 6.45) is 3.13. The van der Waals surface area contributed by atoms with Crippen molar-refractivity contribution in [3.8, 4) is 11.4 Å². The Hall–Kier alpha value is -6.78. The second-order valence-corrected chi connectivity index (χ2v) is 14.0. The van der Waals surface area contributed by atoms with Crippen molar-refractivity contribution >= 4 is 56.7 Å². The second-order valence-electron chi connectivity index (χ2n) is 14.0. The number of hydrogen-bond acceptors (Lipinski definition) is 3. The van der Waals surface area contributed by atoms with E-state index in [1.54, 1.807) is 0 Å². The van der Waals surface area contributed by atoms with E-state index < -0.39 is 5.60 Å². The molecular weight excluding hydrogens is 647 g/mol. The molecule has 10 rings (SSSR count). The highest BCUT2D eigenvalue weighted by molar-refractivity contribution is 6.03. The maximum atomic E-state index is 6.77. The van der Waals surface area contributed by atoms with Crippen molar-refractivity contribution in [1.29, 1.82) is 0 Å². The molecule has 254 valence electrons. The van der Waals surface area contributed by atoms with Gasteiger partial charge in [-0.25, -0.2) is 0 Å². The number of benzene rings is 7. The van der Waals surface area contributed by atoms with Crippen LogP contribution in [0.3, 0.4) is 0 Å². The van der Waals surface area contributed by atoms with Crippen LogP contribution >= 0.6 is 0 Å². The molecule has 0 amide bonds. The van der Waals surface area contributed by atoms with Crippen LogP contribution in [-0.2, 0) is 6.42 Å². The zero-order valence-corrected chi connectivity index (χ0v) is 29.4. The van der Waals surface area contributed by atoms with Gasteiger partial charge in [0, 0.05) is 74.0 Å². The number of rotatable bonds is 7. The summed E-state index contributed by atoms with van der Waals surface area (Å²) in [5.41, 5.74) is 13.4. The van der Waals surface area contributed by atoms with Gasteiger partial charge in [0.25, 0.3) is 0 Å². The molecule has 0 saturated heterocycles. The van der Waals surface area contributed by atoms with Gasteiger partial charge in [-0.05, 0) is 104 Å². The van der Waals surface area contributed by atoms with Crippen LogP contribution in [0.15, 0.2) is 188 Å². The molecule has 7 aromatic carbocycles. The van der Waals surface area contributed by atoms with Gasteiger partial charge in [-0.1, -0.05) is 97.1 Å². The molecule has 0 bridgehead atoms. The Bertz CT molecular complexity index is 2530. The van der Waals surface area contributed by atoms with Crippen LogP contribution in [0, 0.1) is 0 Å². The molecule has 0 saturated carbocycles. The molecule has 4 heteroatoms. The van der Waals surface area contributed by atoms with Gasteiger partial charge in [0.15, 0.2) is 0 Å². The number of hydrogen-bond donors (Lipinski definition) is 0. The fraction of sp³-hybridized carbons (Fsp3) is 0.0612. The Kier molecular flexibility index (Phi) is 7.29. The number of nitrogens with zero attached hydrogens (tertiary/aromatic N) is 3. The lowest BCUT2D eigenvalue weighted by Crippen LogP contribution is -2.35. The Morgan fingerprint density at radius 1 is 0.509 bits per heavy atom. The fourth-order valence-electron chi connectivity index (χ4n) is 8.26. The minimum absolute atomic E-state index is 0.469. The van der Waals surface area contributed by atoms with Crippen molar-refractivity contribution in [2.45, 2.75) is 18.9 Å². The molecule has 0 spiro atoms. The summed E-state index contributed by atoms with van der Waals surface area (Å²) in [6, 6.07) is 66.8. The highest BCUT2D eigenvalue weighted by atomic mass is 16.5. The van der Waals surface area contributed by atoms with E-state index in [0.717, 1.165) is 57.5 Å². The molecule has 1 aliphatic heterocycles. The zero-order valence-electron chi connectivity index (χ0n) is 29.4. The maximum absolute atomic E-state index is 6.77. The summed E-state index contributed by atoms with van der Waals surface area (Å²) in [5, 5.41) is 1.23. The number of anilines is 6. The minimum Gasteiger partial charge on any atom is -0.482 e. The Morgan fingerprint density at radius 2 is 0.981 bits per heavy atom. The van der Waals surface area contributed by atoms with E-state index in [1.165, 1.54) is 27.8 Å². The summed E-state index contributed by atoms with van der Waals surface area (Å²) < 4.78 is 9.24. The van der Waals surface area contributed by atoms with Crippen LogP contribution in [0.2, 0.25) is 0 Å². The third kappa shape index (κ3) is 5.22. The van der Waals surface area contributed by atoms with E-state index in [9.17, 15) is 0 Å². The fourth-order valence-corrected chi connectivity index (χ4v) is 8.26. The highest BCUT2D eigenvalue weighted by Crippen LogP contribution is 2.52. The zero-order chi connectivity index (χ0) is 35.4. The summed E-state index contributed by atoms with van der Waals surface area (Å²) in [6.45, 7) is 2.24. The number of para-hydroxylation sites is 5. The Morgan fingerprint density at radius 3 is 1.55 bits per heavy atom. The first-order chi connectivity index (χ1) is 26.1. The van der Waals surface area contributed by atoms with Crippen LogP contribution in [0.5, 0.6) is 5.75 Å². The van der Waals surface area contributed by atoms with Crippen molar-refractivity contribution in [3.05, 3.63) is 205 Å². The predicted molar refractivity (Wildman–Crippen MR) is 220 cm³/mol. The van der Waals surface area contributed by atoms with Gasteiger partial charge in [-0.2, -0.15) is 0 Å². The van der Waals surface area contributed by atoms with Crippen LogP contribution in [0.4, 0.5) is 34.1 Å². The van der Waals surface area contributed by atoms with E-state index in [2.05, 4.69) is 215 Å². The molecule has 1 unspecified atom stereocenters. The monoisotopic (exact) mass is 683 g/mol. The van der Waals surface area contributed by atoms with E-state index >= 15 is 0 Å². The van der Waals surface area contributed by atoms with Gasteiger partial charge in [0.1, 0.15) is 11.4 Å². The van der Waals surface area contributed by atoms with Gasteiger partial charge in [0.05, 0.1) is 5.52 Å². The molecule has 2 aliphatic rings. The predicted octanol–water partition coefficient (Wildman–Crippen LogP) is 12.8. The first-order valence-electron chi connectivity index (χ1n) is 18.2. The lowest BCUT2D eigenvalue weighted by molar-refractivity contribution is 0.165. The van der Waals surface area contributed by atoms with Gasteiger partial charge < -0.3 is 19.1 Å². The molecule has 2 heterocycles. The van der Waals surface area contributed by atoms with Crippen molar-refractivity contribution in [2.24, 2.45) is 0 Å². The van der Waals surface area contributed by atoms with E-state index in [-0.39, 0.29) is 0 Å². The maximum Gasteiger partial charge on any atom is 0.137 e. The Labute approximate surface area is 310 Å². The first kappa shape index (κ1) is 31.0. The molecule has 1 aromatic heterocycles. The van der Waals surface area contributed by atoms with Gasteiger partial charge >= 0.3 is 0 Å². The largest absolute Gasteiger partial charge is 0.482 e. The number of fused-ring (bicyclic) bond motifs is 6. The normalized spacial score (nSPS) is 15.5. The molecule has 1 atom stereocenters. The van der Waals surface area contributed by atoms with Crippen LogP contribution in [-0.4, -0.2) is 10.2 Å². The molecule has 0 radical (unpaired) electrons. The van der Waals surface area contributed by atoms with Crippen molar-refractivity contribution < 1.29 is 4.74 Å². The van der Waals surface area contributed by atoms with E-state index in [4.69, 9.17) is 4.74 Å². The number of ether oxygens (including phenoxy) is 1. The summed E-state index contributed by atoms with van der Waals surface area (Å²) >= 11 is 0.